The van der Waals surface area contributed by atoms with Crippen LogP contribution >= 0.6 is 0 Å². The molecular weight excluding hydrogens is 248 g/mol. The molecule has 0 amide bonds. The number of hydrogen-bond acceptors (Lipinski definition) is 1. The molecule has 0 unspecified atom stereocenters. The van der Waals surface area contributed by atoms with Crippen LogP contribution in [0.2, 0.25) is 0 Å². The Morgan fingerprint density at radius 3 is 2.11 bits per heavy atom. The topological polar surface area (TPSA) is 20.2 Å². The fourth-order valence-electron chi connectivity index (χ4n) is 1.61. The molecule has 2 rings (SSSR count). The van der Waals surface area contributed by atoms with Crippen molar-refractivity contribution in [3.8, 4) is 11.1 Å². The molecule has 0 heterocycles. The normalized spacial score (nSPS) is 10.7. The summed E-state index contributed by atoms with van der Waals surface area (Å²) in [6.45, 7) is -0.565. The van der Waals surface area contributed by atoms with Crippen molar-refractivity contribution < 1.29 is 22.7 Å². The predicted molar refractivity (Wildman–Crippen MR) is 57.6 cm³/mol. The van der Waals surface area contributed by atoms with Crippen molar-refractivity contribution in [3.05, 3.63) is 59.2 Å². The number of halogens is 4. The van der Waals surface area contributed by atoms with Crippen LogP contribution in [-0.4, -0.2) is 5.11 Å². The molecule has 18 heavy (non-hydrogen) atoms. The number of benzene rings is 2. The first-order chi connectivity index (χ1) is 8.52. The third-order valence-corrected chi connectivity index (χ3v) is 2.54. The zero-order valence-corrected chi connectivity index (χ0v) is 9.05. The molecule has 0 aromatic heterocycles. The second kappa shape index (κ2) is 4.78. The van der Waals surface area contributed by atoms with Gasteiger partial charge in [-0.25, -0.2) is 17.6 Å². The Bertz CT molecular complexity index is 596. The van der Waals surface area contributed by atoms with E-state index in [2.05, 4.69) is 0 Å². The van der Waals surface area contributed by atoms with E-state index in [4.69, 9.17) is 5.11 Å². The second-order valence-corrected chi connectivity index (χ2v) is 3.71. The van der Waals surface area contributed by atoms with Gasteiger partial charge in [0.15, 0.2) is 11.6 Å². The van der Waals surface area contributed by atoms with E-state index in [0.717, 1.165) is 6.07 Å². The summed E-state index contributed by atoms with van der Waals surface area (Å²) in [7, 11) is 0. The highest BCUT2D eigenvalue weighted by molar-refractivity contribution is 5.65. The molecule has 0 bridgehead atoms. The maximum atomic E-state index is 13.5. The highest BCUT2D eigenvalue weighted by Crippen LogP contribution is 2.26. The summed E-state index contributed by atoms with van der Waals surface area (Å²) in [4.78, 5) is 0. The SMILES string of the molecule is OCc1cc(-c2cc(F)c(F)cc2F)ccc1F. The lowest BCUT2D eigenvalue weighted by atomic mass is 10.0. The first-order valence-corrected chi connectivity index (χ1v) is 5.07. The van der Waals surface area contributed by atoms with Crippen LogP contribution in [0.5, 0.6) is 0 Å². The van der Waals surface area contributed by atoms with Crippen LogP contribution in [0.3, 0.4) is 0 Å². The minimum atomic E-state index is -1.29. The molecule has 1 nitrogen and oxygen atoms in total. The van der Waals surface area contributed by atoms with Crippen LogP contribution in [0.15, 0.2) is 30.3 Å². The van der Waals surface area contributed by atoms with E-state index >= 15 is 0 Å². The van der Waals surface area contributed by atoms with Gasteiger partial charge in [0.25, 0.3) is 0 Å². The Hall–Kier alpha value is -1.88. The van der Waals surface area contributed by atoms with Crippen LogP contribution in [0.1, 0.15) is 5.56 Å². The predicted octanol–water partition coefficient (Wildman–Crippen LogP) is 3.40. The lowest BCUT2D eigenvalue weighted by Gasteiger charge is -2.07. The first kappa shape index (κ1) is 12.6. The van der Waals surface area contributed by atoms with E-state index in [-0.39, 0.29) is 16.7 Å². The molecule has 0 saturated heterocycles. The van der Waals surface area contributed by atoms with Crippen molar-refractivity contribution in [1.29, 1.82) is 0 Å². The Labute approximate surface area is 100 Å². The van der Waals surface area contributed by atoms with Crippen molar-refractivity contribution in [2.45, 2.75) is 6.61 Å². The molecule has 0 radical (unpaired) electrons. The molecule has 5 heteroatoms. The number of aliphatic hydroxyl groups excluding tert-OH is 1. The van der Waals surface area contributed by atoms with Crippen LogP contribution in [0.4, 0.5) is 17.6 Å². The lowest BCUT2D eigenvalue weighted by Crippen LogP contribution is -1.94. The van der Waals surface area contributed by atoms with Gasteiger partial charge in [0.1, 0.15) is 11.6 Å². The van der Waals surface area contributed by atoms with Crippen molar-refractivity contribution in [3.63, 3.8) is 0 Å². The molecule has 0 aliphatic rings. The summed E-state index contributed by atoms with van der Waals surface area (Å²) in [6.07, 6.45) is 0. The van der Waals surface area contributed by atoms with Crippen LogP contribution < -0.4 is 0 Å². The standard InChI is InChI=1S/C13H8F4O/c14-10-2-1-7(3-8(10)6-18)9-4-12(16)13(17)5-11(9)15/h1-5,18H,6H2. The zero-order chi connectivity index (χ0) is 13.3. The van der Waals surface area contributed by atoms with Crippen molar-refractivity contribution in [2.75, 3.05) is 0 Å². The van der Waals surface area contributed by atoms with E-state index in [0.29, 0.717) is 12.1 Å². The van der Waals surface area contributed by atoms with Gasteiger partial charge in [-0.1, -0.05) is 6.07 Å². The van der Waals surface area contributed by atoms with E-state index in [9.17, 15) is 17.6 Å². The Kier molecular flexibility index (Phi) is 3.34. The minimum absolute atomic E-state index is 0.0448. The number of hydrogen-bond donors (Lipinski definition) is 1. The molecule has 1 N–H and O–H groups in total. The highest BCUT2D eigenvalue weighted by Gasteiger charge is 2.13. The molecule has 0 aliphatic heterocycles. The first-order valence-electron chi connectivity index (χ1n) is 5.07. The maximum absolute atomic E-state index is 13.5. The van der Waals surface area contributed by atoms with Gasteiger partial charge in [0.2, 0.25) is 0 Å². The molecule has 0 spiro atoms. The summed E-state index contributed by atoms with van der Waals surface area (Å²) in [6, 6.07) is 4.56. The maximum Gasteiger partial charge on any atom is 0.161 e. The van der Waals surface area contributed by atoms with Gasteiger partial charge in [-0.05, 0) is 23.8 Å². The van der Waals surface area contributed by atoms with Gasteiger partial charge < -0.3 is 5.11 Å². The fraction of sp³-hybridized carbons (Fsp3) is 0.0769. The van der Waals surface area contributed by atoms with Gasteiger partial charge >= 0.3 is 0 Å². The molecule has 0 atom stereocenters. The summed E-state index contributed by atoms with van der Waals surface area (Å²) in [5, 5.41) is 8.89. The van der Waals surface area contributed by atoms with E-state index < -0.39 is 29.9 Å². The van der Waals surface area contributed by atoms with Crippen molar-refractivity contribution in [1.82, 2.24) is 0 Å². The lowest BCUT2D eigenvalue weighted by molar-refractivity contribution is 0.276. The molecule has 0 saturated carbocycles. The minimum Gasteiger partial charge on any atom is -0.392 e. The summed E-state index contributed by atoms with van der Waals surface area (Å²) < 4.78 is 52.4. The van der Waals surface area contributed by atoms with Crippen LogP contribution in [0, 0.1) is 23.3 Å². The largest absolute Gasteiger partial charge is 0.392 e. The average molecular weight is 256 g/mol. The number of aliphatic hydroxyl groups is 1. The number of rotatable bonds is 2. The Morgan fingerprint density at radius 2 is 1.44 bits per heavy atom. The van der Waals surface area contributed by atoms with Crippen LogP contribution in [-0.2, 0) is 6.61 Å². The van der Waals surface area contributed by atoms with Crippen molar-refractivity contribution in [2.24, 2.45) is 0 Å². The second-order valence-electron chi connectivity index (χ2n) is 3.71. The molecule has 94 valence electrons. The zero-order valence-electron chi connectivity index (χ0n) is 9.05. The summed E-state index contributed by atoms with van der Waals surface area (Å²) in [5.41, 5.74) is -0.0721. The molecule has 0 aliphatic carbocycles. The van der Waals surface area contributed by atoms with E-state index in [1.54, 1.807) is 0 Å². The third kappa shape index (κ3) is 2.22. The van der Waals surface area contributed by atoms with E-state index in [1.165, 1.54) is 12.1 Å². The van der Waals surface area contributed by atoms with Gasteiger partial charge in [-0.15, -0.1) is 0 Å². The third-order valence-electron chi connectivity index (χ3n) is 2.54. The van der Waals surface area contributed by atoms with E-state index in [1.807, 2.05) is 0 Å². The van der Waals surface area contributed by atoms with Gasteiger partial charge in [-0.2, -0.15) is 0 Å². The Balaban J connectivity index is 2.58. The smallest absolute Gasteiger partial charge is 0.161 e. The van der Waals surface area contributed by atoms with Gasteiger partial charge in [0, 0.05) is 17.2 Å². The van der Waals surface area contributed by atoms with Gasteiger partial charge in [-0.3, -0.25) is 0 Å². The average Bonchev–Trinajstić information content (AvgIpc) is 2.35. The van der Waals surface area contributed by atoms with Crippen LogP contribution in [0.25, 0.3) is 11.1 Å². The molecule has 2 aromatic carbocycles. The molecular formula is C13H8F4O. The van der Waals surface area contributed by atoms with Crippen molar-refractivity contribution >= 4 is 0 Å². The Morgan fingerprint density at radius 1 is 0.778 bits per heavy atom. The highest BCUT2D eigenvalue weighted by atomic mass is 19.2. The van der Waals surface area contributed by atoms with Gasteiger partial charge in [0.05, 0.1) is 6.61 Å². The fourth-order valence-corrected chi connectivity index (χ4v) is 1.61. The summed E-state index contributed by atoms with van der Waals surface area (Å²) in [5.74, 6) is -4.09. The monoisotopic (exact) mass is 256 g/mol. The quantitative estimate of drug-likeness (QED) is 0.645. The molecule has 0 fully saturated rings. The summed E-state index contributed by atoms with van der Waals surface area (Å²) >= 11 is 0. The molecule has 2 aromatic rings.